The number of rotatable bonds is 4. The number of hydrogen-bond acceptors (Lipinski definition) is 2. The quantitative estimate of drug-likeness (QED) is 0.880. The molecule has 1 fully saturated rings. The Labute approximate surface area is 97.8 Å². The average molecular weight is 245 g/mol. The van der Waals surface area contributed by atoms with Crippen LogP contribution in [0, 0.1) is 0 Å². The first-order chi connectivity index (χ1) is 7.95. The summed E-state index contributed by atoms with van der Waals surface area (Å²) in [7, 11) is 1.83. The first kappa shape index (κ1) is 12.2. The molecule has 0 amide bonds. The monoisotopic (exact) mass is 245 g/mol. The van der Waals surface area contributed by atoms with E-state index in [1.54, 1.807) is 0 Å². The van der Waals surface area contributed by atoms with Crippen molar-refractivity contribution in [2.24, 2.45) is 0 Å². The molecular weight excluding hydrogens is 231 g/mol. The van der Waals surface area contributed by atoms with Gasteiger partial charge in [0.2, 0.25) is 0 Å². The van der Waals surface area contributed by atoms with E-state index in [1.165, 1.54) is 12.1 Å². The standard InChI is InChI=1S/C12H14F3NO/c1-16-8-11(6-7-11)17-10-4-2-9(3-5-10)12(13,14)15/h2-5,16H,6-8H2,1H3. The predicted molar refractivity (Wildman–Crippen MR) is 58.0 cm³/mol. The topological polar surface area (TPSA) is 21.3 Å². The van der Waals surface area contributed by atoms with Crippen LogP contribution in [-0.2, 0) is 6.18 Å². The van der Waals surface area contributed by atoms with Crippen molar-refractivity contribution in [3.05, 3.63) is 29.8 Å². The Hall–Kier alpha value is -1.23. The third-order valence-corrected chi connectivity index (χ3v) is 2.82. The fourth-order valence-electron chi connectivity index (χ4n) is 1.74. The van der Waals surface area contributed by atoms with Crippen molar-refractivity contribution in [1.29, 1.82) is 0 Å². The Kier molecular flexibility index (Phi) is 3.03. The maximum Gasteiger partial charge on any atom is 0.416 e. The molecule has 0 saturated heterocycles. The molecule has 17 heavy (non-hydrogen) atoms. The van der Waals surface area contributed by atoms with Crippen molar-refractivity contribution in [2.45, 2.75) is 24.6 Å². The SMILES string of the molecule is CNCC1(Oc2ccc(C(F)(F)F)cc2)CC1. The van der Waals surface area contributed by atoms with E-state index in [-0.39, 0.29) is 5.60 Å². The molecule has 1 aliphatic rings. The van der Waals surface area contributed by atoms with Crippen LogP contribution in [0.5, 0.6) is 5.75 Å². The molecule has 94 valence electrons. The van der Waals surface area contributed by atoms with Gasteiger partial charge in [0.05, 0.1) is 5.56 Å². The largest absolute Gasteiger partial charge is 0.486 e. The number of likely N-dealkylation sites (N-methyl/N-ethyl adjacent to an activating group) is 1. The molecule has 1 saturated carbocycles. The van der Waals surface area contributed by atoms with Crippen LogP contribution in [0.3, 0.4) is 0 Å². The molecule has 0 unspecified atom stereocenters. The third kappa shape index (κ3) is 2.91. The van der Waals surface area contributed by atoms with E-state index >= 15 is 0 Å². The molecule has 1 N–H and O–H groups in total. The minimum absolute atomic E-state index is 0.214. The zero-order valence-electron chi connectivity index (χ0n) is 9.47. The molecule has 2 rings (SSSR count). The van der Waals surface area contributed by atoms with Gasteiger partial charge in [-0.1, -0.05) is 0 Å². The van der Waals surface area contributed by atoms with Crippen LogP contribution in [0.1, 0.15) is 18.4 Å². The molecule has 5 heteroatoms. The summed E-state index contributed by atoms with van der Waals surface area (Å²) in [6, 6.07) is 4.84. The molecule has 1 aromatic rings. The normalized spacial score (nSPS) is 17.9. The lowest BCUT2D eigenvalue weighted by Crippen LogP contribution is -2.31. The maximum atomic E-state index is 12.3. The van der Waals surface area contributed by atoms with Gasteiger partial charge in [-0.05, 0) is 44.2 Å². The Balaban J connectivity index is 2.04. The molecule has 1 aliphatic carbocycles. The molecule has 1 aromatic carbocycles. The summed E-state index contributed by atoms with van der Waals surface area (Å²) < 4.78 is 42.7. The average Bonchev–Trinajstić information content (AvgIpc) is 2.98. The van der Waals surface area contributed by atoms with Crippen LogP contribution in [0.25, 0.3) is 0 Å². The molecule has 0 spiro atoms. The van der Waals surface area contributed by atoms with Crippen molar-refractivity contribution < 1.29 is 17.9 Å². The van der Waals surface area contributed by atoms with Gasteiger partial charge in [-0.2, -0.15) is 13.2 Å². The van der Waals surface area contributed by atoms with E-state index in [0.29, 0.717) is 12.3 Å². The van der Waals surface area contributed by atoms with Crippen LogP contribution >= 0.6 is 0 Å². The third-order valence-electron chi connectivity index (χ3n) is 2.82. The van der Waals surface area contributed by atoms with Gasteiger partial charge in [-0.25, -0.2) is 0 Å². The van der Waals surface area contributed by atoms with E-state index < -0.39 is 11.7 Å². The summed E-state index contributed by atoms with van der Waals surface area (Å²) in [5.41, 5.74) is -0.864. The van der Waals surface area contributed by atoms with E-state index in [1.807, 2.05) is 7.05 Å². The first-order valence-corrected chi connectivity index (χ1v) is 5.46. The molecule has 0 radical (unpaired) electrons. The predicted octanol–water partition coefficient (Wildman–Crippen LogP) is 2.84. The summed E-state index contributed by atoms with van der Waals surface area (Å²) in [6.07, 6.45) is -2.41. The van der Waals surface area contributed by atoms with E-state index in [2.05, 4.69) is 5.32 Å². The second kappa shape index (κ2) is 4.22. The highest BCUT2D eigenvalue weighted by atomic mass is 19.4. The van der Waals surface area contributed by atoms with E-state index in [0.717, 1.165) is 25.0 Å². The van der Waals surface area contributed by atoms with Crippen LogP contribution in [0.15, 0.2) is 24.3 Å². The van der Waals surface area contributed by atoms with Crippen molar-refractivity contribution in [3.8, 4) is 5.75 Å². The van der Waals surface area contributed by atoms with Gasteiger partial charge >= 0.3 is 6.18 Å². The summed E-state index contributed by atoms with van der Waals surface area (Å²) in [5.74, 6) is 0.491. The Bertz CT molecular complexity index is 382. The van der Waals surface area contributed by atoms with Gasteiger partial charge in [-0.3, -0.25) is 0 Å². The van der Waals surface area contributed by atoms with Gasteiger partial charge < -0.3 is 10.1 Å². The zero-order chi connectivity index (χ0) is 12.5. The van der Waals surface area contributed by atoms with Gasteiger partial charge in [0.15, 0.2) is 0 Å². The van der Waals surface area contributed by atoms with Gasteiger partial charge in [0.25, 0.3) is 0 Å². The highest BCUT2D eigenvalue weighted by molar-refractivity contribution is 5.30. The Morgan fingerprint density at radius 2 is 1.82 bits per heavy atom. The number of ether oxygens (including phenoxy) is 1. The lowest BCUT2D eigenvalue weighted by molar-refractivity contribution is -0.137. The molecular formula is C12H14F3NO. The van der Waals surface area contributed by atoms with Gasteiger partial charge in [-0.15, -0.1) is 0 Å². The lowest BCUT2D eigenvalue weighted by atomic mass is 10.2. The number of benzene rings is 1. The van der Waals surface area contributed by atoms with Crippen LogP contribution in [0.4, 0.5) is 13.2 Å². The Morgan fingerprint density at radius 3 is 2.24 bits per heavy atom. The first-order valence-electron chi connectivity index (χ1n) is 5.46. The summed E-state index contributed by atoms with van der Waals surface area (Å²) in [6.45, 7) is 0.716. The summed E-state index contributed by atoms with van der Waals surface area (Å²) >= 11 is 0. The molecule has 2 nitrogen and oxygen atoms in total. The van der Waals surface area contributed by atoms with Crippen molar-refractivity contribution in [3.63, 3.8) is 0 Å². The summed E-state index contributed by atoms with van der Waals surface area (Å²) in [5, 5.41) is 3.02. The number of alkyl halides is 3. The van der Waals surface area contributed by atoms with Gasteiger partial charge in [0.1, 0.15) is 11.4 Å². The second-order valence-electron chi connectivity index (χ2n) is 4.34. The van der Waals surface area contributed by atoms with Crippen molar-refractivity contribution in [1.82, 2.24) is 5.32 Å². The Morgan fingerprint density at radius 1 is 1.24 bits per heavy atom. The van der Waals surface area contributed by atoms with E-state index in [4.69, 9.17) is 4.74 Å². The van der Waals surface area contributed by atoms with E-state index in [9.17, 15) is 13.2 Å². The fraction of sp³-hybridized carbons (Fsp3) is 0.500. The zero-order valence-corrected chi connectivity index (χ0v) is 9.47. The fourth-order valence-corrected chi connectivity index (χ4v) is 1.74. The van der Waals surface area contributed by atoms with Gasteiger partial charge in [0, 0.05) is 6.54 Å². The minimum Gasteiger partial charge on any atom is -0.486 e. The molecule has 0 aromatic heterocycles. The second-order valence-corrected chi connectivity index (χ2v) is 4.34. The number of halogens is 3. The smallest absolute Gasteiger partial charge is 0.416 e. The highest BCUT2D eigenvalue weighted by Gasteiger charge is 2.44. The molecule has 0 aliphatic heterocycles. The number of nitrogens with one attached hydrogen (secondary N) is 1. The van der Waals surface area contributed by atoms with Crippen LogP contribution in [0.2, 0.25) is 0 Å². The van der Waals surface area contributed by atoms with Crippen LogP contribution < -0.4 is 10.1 Å². The molecule has 0 bridgehead atoms. The minimum atomic E-state index is -4.29. The lowest BCUT2D eigenvalue weighted by Gasteiger charge is -2.18. The van der Waals surface area contributed by atoms with Crippen LogP contribution in [-0.4, -0.2) is 19.2 Å². The maximum absolute atomic E-state index is 12.3. The highest BCUT2D eigenvalue weighted by Crippen LogP contribution is 2.40. The van der Waals surface area contributed by atoms with Crippen molar-refractivity contribution in [2.75, 3.05) is 13.6 Å². The molecule has 0 heterocycles. The van der Waals surface area contributed by atoms with Crippen molar-refractivity contribution >= 4 is 0 Å². The molecule has 0 atom stereocenters. The summed E-state index contributed by atoms with van der Waals surface area (Å²) in [4.78, 5) is 0. The number of hydrogen-bond donors (Lipinski definition) is 1.